The Bertz CT molecular complexity index is 1430. The van der Waals surface area contributed by atoms with Gasteiger partial charge < -0.3 is 18.9 Å². The lowest BCUT2D eigenvalue weighted by Gasteiger charge is -2.21. The smallest absolute Gasteiger partial charge is 0.308 e. The summed E-state index contributed by atoms with van der Waals surface area (Å²) in [5.74, 6) is 0.0123. The minimum Gasteiger partial charge on any atom is -0.490 e. The van der Waals surface area contributed by atoms with Crippen molar-refractivity contribution >= 4 is 11.9 Å². The summed E-state index contributed by atoms with van der Waals surface area (Å²) in [6.45, 7) is 19.9. The van der Waals surface area contributed by atoms with Crippen LogP contribution in [0.25, 0.3) is 0 Å². The maximum absolute atomic E-state index is 12.0. The number of esters is 2. The largest absolute Gasteiger partial charge is 0.490 e. The van der Waals surface area contributed by atoms with Crippen molar-refractivity contribution in [2.75, 3.05) is 14.2 Å². The molecule has 0 spiro atoms. The van der Waals surface area contributed by atoms with E-state index in [0.717, 1.165) is 64.2 Å². The molecule has 272 valence electrons. The van der Waals surface area contributed by atoms with Gasteiger partial charge in [0.1, 0.15) is 0 Å². The predicted molar refractivity (Wildman–Crippen MR) is 205 cm³/mol. The van der Waals surface area contributed by atoms with Crippen LogP contribution in [0.1, 0.15) is 138 Å². The Morgan fingerprint density at radius 3 is 1.14 bits per heavy atom. The molecule has 0 bridgehead atoms. The first kappa shape index (κ1) is 43.2. The van der Waals surface area contributed by atoms with E-state index in [2.05, 4.69) is 84.9 Å². The number of rotatable bonds is 21. The quantitative estimate of drug-likeness (QED) is 0.0733. The summed E-state index contributed by atoms with van der Waals surface area (Å²) >= 11 is 0. The van der Waals surface area contributed by atoms with Crippen LogP contribution in [0.5, 0.6) is 23.0 Å². The van der Waals surface area contributed by atoms with Gasteiger partial charge in [-0.2, -0.15) is 0 Å². The van der Waals surface area contributed by atoms with Gasteiger partial charge in [0.05, 0.1) is 14.2 Å². The van der Waals surface area contributed by atoms with E-state index >= 15 is 0 Å². The van der Waals surface area contributed by atoms with Crippen LogP contribution in [0.15, 0.2) is 69.9 Å². The van der Waals surface area contributed by atoms with Crippen LogP contribution in [0.4, 0.5) is 0 Å². The Balaban J connectivity index is 2.69. The Kier molecular flexibility index (Phi) is 20.8. The van der Waals surface area contributed by atoms with Crippen molar-refractivity contribution in [1.82, 2.24) is 0 Å². The van der Waals surface area contributed by atoms with Gasteiger partial charge in [-0.15, -0.1) is 0 Å². The Morgan fingerprint density at radius 1 is 0.469 bits per heavy atom. The predicted octanol–water partition coefficient (Wildman–Crippen LogP) is 12.0. The molecule has 1 rings (SSSR count). The first-order valence-corrected chi connectivity index (χ1v) is 17.8. The zero-order valence-corrected chi connectivity index (χ0v) is 32.7. The van der Waals surface area contributed by atoms with Crippen LogP contribution in [0.2, 0.25) is 0 Å². The van der Waals surface area contributed by atoms with E-state index in [1.54, 1.807) is 0 Å². The highest BCUT2D eigenvalue weighted by atomic mass is 16.6. The first-order valence-electron chi connectivity index (χ1n) is 17.8. The minimum atomic E-state index is -0.479. The fraction of sp³-hybridized carbons (Fsp3) is 0.535. The molecule has 0 aromatic heterocycles. The Morgan fingerprint density at radius 2 is 0.796 bits per heavy atom. The molecule has 1 aromatic rings. The van der Waals surface area contributed by atoms with E-state index in [1.807, 2.05) is 6.92 Å². The summed E-state index contributed by atoms with van der Waals surface area (Å²) in [4.78, 5) is 23.8. The molecular formula is C43H64O6. The lowest BCUT2D eigenvalue weighted by molar-refractivity contribution is -0.133. The molecule has 49 heavy (non-hydrogen) atoms. The van der Waals surface area contributed by atoms with E-state index in [9.17, 15) is 9.59 Å². The molecule has 0 aliphatic heterocycles. The zero-order valence-electron chi connectivity index (χ0n) is 32.7. The van der Waals surface area contributed by atoms with Crippen molar-refractivity contribution in [3.05, 3.63) is 81.0 Å². The Hall–Kier alpha value is -3.80. The van der Waals surface area contributed by atoms with Crippen molar-refractivity contribution in [1.29, 1.82) is 0 Å². The van der Waals surface area contributed by atoms with Crippen LogP contribution in [0, 0.1) is 6.92 Å². The molecule has 0 saturated carbocycles. The monoisotopic (exact) mass is 676 g/mol. The number of benzene rings is 1. The van der Waals surface area contributed by atoms with Crippen molar-refractivity contribution in [3.63, 3.8) is 0 Å². The number of allylic oxidation sites excluding steroid dienone is 12. The van der Waals surface area contributed by atoms with E-state index in [0.29, 0.717) is 17.5 Å². The third-order valence-electron chi connectivity index (χ3n) is 8.46. The third kappa shape index (κ3) is 17.4. The lowest BCUT2D eigenvalue weighted by Crippen LogP contribution is -2.11. The normalized spacial score (nSPS) is 12.9. The zero-order chi connectivity index (χ0) is 36.9. The first-order chi connectivity index (χ1) is 23.2. The fourth-order valence-corrected chi connectivity index (χ4v) is 5.52. The summed E-state index contributed by atoms with van der Waals surface area (Å²) in [6, 6.07) is 0. The van der Waals surface area contributed by atoms with Gasteiger partial charge in [0.25, 0.3) is 0 Å². The molecule has 0 aliphatic carbocycles. The van der Waals surface area contributed by atoms with Crippen LogP contribution < -0.4 is 18.9 Å². The summed E-state index contributed by atoms with van der Waals surface area (Å²) < 4.78 is 22.1. The average Bonchev–Trinajstić information content (AvgIpc) is 3.01. The van der Waals surface area contributed by atoms with Gasteiger partial charge in [-0.3, -0.25) is 9.59 Å². The number of ether oxygens (including phenoxy) is 4. The van der Waals surface area contributed by atoms with Gasteiger partial charge in [-0.05, 0) is 126 Å². The van der Waals surface area contributed by atoms with Crippen molar-refractivity contribution < 1.29 is 28.5 Å². The van der Waals surface area contributed by atoms with Crippen molar-refractivity contribution in [2.45, 2.75) is 140 Å². The van der Waals surface area contributed by atoms with Gasteiger partial charge in [-0.1, -0.05) is 69.9 Å². The minimum absolute atomic E-state index is 0.212. The number of methoxy groups -OCH3 is 2. The molecule has 0 amide bonds. The molecule has 0 fully saturated rings. The molecule has 0 N–H and O–H groups in total. The molecular weight excluding hydrogens is 612 g/mol. The van der Waals surface area contributed by atoms with Gasteiger partial charge in [-0.25, -0.2) is 0 Å². The fourth-order valence-electron chi connectivity index (χ4n) is 5.52. The molecule has 6 heteroatoms. The van der Waals surface area contributed by atoms with E-state index in [-0.39, 0.29) is 23.0 Å². The van der Waals surface area contributed by atoms with Crippen LogP contribution >= 0.6 is 0 Å². The molecule has 0 saturated heterocycles. The van der Waals surface area contributed by atoms with E-state index in [4.69, 9.17) is 18.9 Å². The van der Waals surface area contributed by atoms with Gasteiger partial charge >= 0.3 is 11.9 Å². The molecule has 6 nitrogen and oxygen atoms in total. The Labute approximate surface area is 298 Å². The molecule has 0 heterocycles. The van der Waals surface area contributed by atoms with Gasteiger partial charge in [0, 0.05) is 25.0 Å². The maximum atomic E-state index is 12.0. The molecule has 1 aromatic carbocycles. The topological polar surface area (TPSA) is 71.1 Å². The van der Waals surface area contributed by atoms with Gasteiger partial charge in [0.2, 0.25) is 11.5 Å². The second-order valence-corrected chi connectivity index (χ2v) is 13.4. The second kappa shape index (κ2) is 23.5. The number of hydrogen-bond acceptors (Lipinski definition) is 6. The average molecular weight is 677 g/mol. The van der Waals surface area contributed by atoms with Crippen molar-refractivity contribution in [3.8, 4) is 23.0 Å². The second-order valence-electron chi connectivity index (χ2n) is 13.4. The summed E-state index contributed by atoms with van der Waals surface area (Å²) in [5, 5.41) is 0. The standard InChI is InChI=1S/C43H64O6/c1-30(2)18-13-19-31(3)20-14-21-32(4)22-15-23-33(5)24-16-25-34(6)26-17-27-35(7)28-29-39-36(8)40(48-37(9)44)42(46-11)43(47-12)41(39)49-38(10)45/h18,20,22,24,26,28H,13-17,19,21,23,25,27,29H2,1-12H3/b31-20+,32-22+,33-24+,34-26+,35-28+. The van der Waals surface area contributed by atoms with Crippen molar-refractivity contribution in [2.24, 2.45) is 0 Å². The van der Waals surface area contributed by atoms with E-state index in [1.165, 1.54) is 61.5 Å². The van der Waals surface area contributed by atoms with E-state index < -0.39 is 11.9 Å². The summed E-state index contributed by atoms with van der Waals surface area (Å²) in [6.07, 6.45) is 25.2. The SMILES string of the molecule is COc1c(OC(C)=O)c(C)c(C/C=C(\C)CC/C=C(\C)CC/C=C(\C)CC/C=C(\C)CC/C=C(\C)CCC=C(C)C)c(OC(C)=O)c1OC. The highest BCUT2D eigenvalue weighted by Crippen LogP contribution is 2.50. The van der Waals surface area contributed by atoms with Crippen LogP contribution in [-0.4, -0.2) is 26.2 Å². The molecule has 0 aliphatic rings. The van der Waals surface area contributed by atoms with Gasteiger partial charge in [0.15, 0.2) is 11.5 Å². The molecule has 0 unspecified atom stereocenters. The molecule has 0 radical (unpaired) electrons. The summed E-state index contributed by atoms with van der Waals surface area (Å²) in [5.41, 5.74) is 9.81. The van der Waals surface area contributed by atoms with Crippen LogP contribution in [0.3, 0.4) is 0 Å². The summed E-state index contributed by atoms with van der Waals surface area (Å²) in [7, 11) is 2.92. The number of carbonyl (C=O) groups is 2. The third-order valence-corrected chi connectivity index (χ3v) is 8.46. The highest BCUT2D eigenvalue weighted by Gasteiger charge is 2.27. The number of carbonyl (C=O) groups excluding carboxylic acids is 2. The molecule has 0 atom stereocenters. The maximum Gasteiger partial charge on any atom is 0.308 e. The lowest BCUT2D eigenvalue weighted by atomic mass is 9.99. The number of hydrogen-bond donors (Lipinski definition) is 0. The van der Waals surface area contributed by atoms with Crippen LogP contribution in [-0.2, 0) is 16.0 Å². The highest BCUT2D eigenvalue weighted by molar-refractivity contribution is 5.78.